The summed E-state index contributed by atoms with van der Waals surface area (Å²) < 4.78 is 4.07. The smallest absolute Gasteiger partial charge is 0.163 e. The van der Waals surface area contributed by atoms with Gasteiger partial charge >= 0.3 is 0 Å². The molecule has 0 saturated heterocycles. The van der Waals surface area contributed by atoms with Crippen LogP contribution in [0.5, 0.6) is 0 Å². The minimum absolute atomic E-state index is 0.0935. The quantitative estimate of drug-likeness (QED) is 0.104. The summed E-state index contributed by atoms with van der Waals surface area (Å²) in [6.07, 6.45) is 7.73. The molecule has 3 N–H and O–H groups in total. The molecule has 0 radical (unpaired) electrons. The number of aromatic nitrogens is 8. The number of rotatable bonds is 6. The van der Waals surface area contributed by atoms with E-state index in [0.717, 1.165) is 73.7 Å². The SMILES string of the molecule is C/C(=N\O)c1cccc(-c2ccc3cnc(-c4cccc(C)n4)n3c2)n1.Cc1cccc(-c2ncc3ccc(-c4cccc(C(C)N)n4)cn23)n1. The van der Waals surface area contributed by atoms with Crippen LogP contribution < -0.4 is 5.73 Å². The van der Waals surface area contributed by atoms with Gasteiger partial charge < -0.3 is 10.9 Å². The molecule has 1 atom stereocenters. The third-order valence-electron chi connectivity index (χ3n) is 8.39. The van der Waals surface area contributed by atoms with Crippen LogP contribution in [0.1, 0.15) is 42.7 Å². The van der Waals surface area contributed by atoms with Gasteiger partial charge in [-0.15, -0.1) is 0 Å². The zero-order valence-electron chi connectivity index (χ0n) is 28.7. The van der Waals surface area contributed by atoms with Crippen LogP contribution in [0.25, 0.3) is 56.6 Å². The maximum atomic E-state index is 8.98. The van der Waals surface area contributed by atoms with Gasteiger partial charge in [0.05, 0.1) is 46.2 Å². The molecule has 0 saturated carbocycles. The Morgan fingerprint density at radius 2 is 1.12 bits per heavy atom. The predicted octanol–water partition coefficient (Wildman–Crippen LogP) is 7.75. The van der Waals surface area contributed by atoms with E-state index in [-0.39, 0.29) is 6.04 Å². The number of hydrogen-bond donors (Lipinski definition) is 2. The number of nitrogens with zero attached hydrogens (tertiary/aromatic N) is 9. The molecule has 0 aliphatic carbocycles. The maximum absolute atomic E-state index is 8.98. The normalized spacial score (nSPS) is 12.1. The number of fused-ring (bicyclic) bond motifs is 2. The van der Waals surface area contributed by atoms with Crippen molar-refractivity contribution in [2.75, 3.05) is 0 Å². The lowest BCUT2D eigenvalue weighted by atomic mass is 10.1. The molecule has 0 aliphatic rings. The van der Waals surface area contributed by atoms with Crippen LogP contribution in [-0.2, 0) is 0 Å². The van der Waals surface area contributed by atoms with E-state index in [0.29, 0.717) is 11.4 Å². The largest absolute Gasteiger partial charge is 0.411 e. The molecule has 8 heterocycles. The zero-order chi connectivity index (χ0) is 35.5. The molecule has 8 aromatic rings. The second-order valence-electron chi connectivity index (χ2n) is 12.2. The molecule has 0 amide bonds. The third-order valence-corrected chi connectivity index (χ3v) is 8.39. The summed E-state index contributed by atoms with van der Waals surface area (Å²) in [5, 5.41) is 12.2. The number of pyridine rings is 6. The Bertz CT molecular complexity index is 2530. The molecule has 8 aromatic heterocycles. The Morgan fingerprint density at radius 1 is 0.627 bits per heavy atom. The summed E-state index contributed by atoms with van der Waals surface area (Å²) >= 11 is 0. The molecule has 11 heteroatoms. The standard InChI is InChI=1S/C20H17N5O.C20H19N5/c1-13-5-3-8-19(22-13)20-21-11-16-10-9-15(12-25(16)20)18-7-4-6-17(23-18)14(2)24-26;1-13-5-3-8-19(23-13)20-22-11-16-10-9-15(12-25(16)20)18-7-4-6-17(24-18)14(2)21/h3-12,26H,1-2H3;3-12,14H,21H2,1-2H3/b24-14+;. The van der Waals surface area contributed by atoms with Gasteiger partial charge in [0.15, 0.2) is 11.6 Å². The molecular formula is C40H36N10O. The first-order chi connectivity index (χ1) is 24.8. The van der Waals surface area contributed by atoms with Gasteiger partial charge in [-0.2, -0.15) is 0 Å². The van der Waals surface area contributed by atoms with Crippen molar-refractivity contribution in [1.29, 1.82) is 0 Å². The van der Waals surface area contributed by atoms with Crippen molar-refractivity contribution in [3.05, 3.63) is 145 Å². The lowest BCUT2D eigenvalue weighted by Crippen LogP contribution is -2.07. The molecule has 0 spiro atoms. The van der Waals surface area contributed by atoms with E-state index < -0.39 is 0 Å². The van der Waals surface area contributed by atoms with Crippen LogP contribution >= 0.6 is 0 Å². The average molecular weight is 673 g/mol. The second-order valence-corrected chi connectivity index (χ2v) is 12.2. The van der Waals surface area contributed by atoms with Crippen molar-refractivity contribution < 1.29 is 5.21 Å². The van der Waals surface area contributed by atoms with E-state index in [1.807, 2.05) is 135 Å². The van der Waals surface area contributed by atoms with Crippen molar-refractivity contribution in [3.63, 3.8) is 0 Å². The van der Waals surface area contributed by atoms with E-state index in [9.17, 15) is 0 Å². The van der Waals surface area contributed by atoms with Crippen LogP contribution in [0, 0.1) is 13.8 Å². The van der Waals surface area contributed by atoms with Crippen molar-refractivity contribution >= 4 is 16.7 Å². The van der Waals surface area contributed by atoms with E-state index in [4.69, 9.17) is 10.9 Å². The number of aryl methyl sites for hydroxylation is 2. The van der Waals surface area contributed by atoms with Gasteiger partial charge in [-0.05, 0) is 100 Å². The molecule has 8 rings (SSSR count). The fourth-order valence-corrected chi connectivity index (χ4v) is 5.71. The van der Waals surface area contributed by atoms with Crippen molar-refractivity contribution in [2.24, 2.45) is 10.9 Å². The minimum Gasteiger partial charge on any atom is -0.411 e. The summed E-state index contributed by atoms with van der Waals surface area (Å²) in [7, 11) is 0. The first-order valence-electron chi connectivity index (χ1n) is 16.5. The molecule has 1 unspecified atom stereocenters. The lowest BCUT2D eigenvalue weighted by molar-refractivity contribution is 0.319. The highest BCUT2D eigenvalue weighted by Crippen LogP contribution is 2.25. The summed E-state index contributed by atoms with van der Waals surface area (Å²) in [4.78, 5) is 27.5. The number of imidazole rings is 2. The van der Waals surface area contributed by atoms with Crippen molar-refractivity contribution in [3.8, 4) is 45.6 Å². The number of nitrogens with two attached hydrogens (primary N) is 1. The van der Waals surface area contributed by atoms with Crippen LogP contribution in [0.4, 0.5) is 0 Å². The third kappa shape index (κ3) is 6.96. The summed E-state index contributed by atoms with van der Waals surface area (Å²) in [6.45, 7) is 7.60. The van der Waals surface area contributed by atoms with Gasteiger partial charge in [0.2, 0.25) is 0 Å². The van der Waals surface area contributed by atoms with E-state index in [1.165, 1.54) is 0 Å². The van der Waals surface area contributed by atoms with Crippen LogP contribution in [-0.4, -0.2) is 49.6 Å². The van der Waals surface area contributed by atoms with Gasteiger partial charge in [0, 0.05) is 41.0 Å². The van der Waals surface area contributed by atoms with Gasteiger partial charge in [-0.25, -0.2) is 24.9 Å². The Balaban J connectivity index is 0.000000159. The van der Waals surface area contributed by atoms with Gasteiger partial charge in [-0.3, -0.25) is 13.8 Å². The Kier molecular flexibility index (Phi) is 9.11. The Morgan fingerprint density at radius 3 is 1.63 bits per heavy atom. The fourth-order valence-electron chi connectivity index (χ4n) is 5.71. The first-order valence-corrected chi connectivity index (χ1v) is 16.5. The van der Waals surface area contributed by atoms with Crippen LogP contribution in [0.2, 0.25) is 0 Å². The predicted molar refractivity (Wildman–Crippen MR) is 199 cm³/mol. The Labute approximate surface area is 294 Å². The Hall–Kier alpha value is -6.59. The lowest BCUT2D eigenvalue weighted by Gasteiger charge is -2.09. The molecule has 0 fully saturated rings. The first kappa shape index (κ1) is 32.9. The summed E-state index contributed by atoms with van der Waals surface area (Å²) in [5.74, 6) is 1.61. The van der Waals surface area contributed by atoms with Crippen LogP contribution in [0.15, 0.2) is 127 Å². The highest BCUT2D eigenvalue weighted by molar-refractivity contribution is 5.96. The van der Waals surface area contributed by atoms with Gasteiger partial charge in [-0.1, -0.05) is 29.4 Å². The molecule has 11 nitrogen and oxygen atoms in total. The number of oxime groups is 1. The monoisotopic (exact) mass is 672 g/mol. The van der Waals surface area contributed by atoms with E-state index in [2.05, 4.69) is 51.7 Å². The molecule has 0 aromatic carbocycles. The van der Waals surface area contributed by atoms with Gasteiger partial charge in [0.1, 0.15) is 17.1 Å². The zero-order valence-corrected chi connectivity index (χ0v) is 28.7. The second kappa shape index (κ2) is 14.1. The average Bonchev–Trinajstić information content (AvgIpc) is 3.79. The van der Waals surface area contributed by atoms with E-state index in [1.54, 1.807) is 6.92 Å². The molecule has 0 aliphatic heterocycles. The highest BCUT2D eigenvalue weighted by atomic mass is 16.4. The summed E-state index contributed by atoms with van der Waals surface area (Å²) in [5.41, 5.74) is 17.2. The molecule has 51 heavy (non-hydrogen) atoms. The van der Waals surface area contributed by atoms with Crippen molar-refractivity contribution in [2.45, 2.75) is 33.7 Å². The topological polar surface area (TPSA) is 145 Å². The van der Waals surface area contributed by atoms with Gasteiger partial charge in [0.25, 0.3) is 0 Å². The molecule has 252 valence electrons. The highest BCUT2D eigenvalue weighted by Gasteiger charge is 2.12. The fraction of sp³-hybridized carbons (Fsp3) is 0.125. The number of hydrogen-bond acceptors (Lipinski definition) is 9. The summed E-state index contributed by atoms with van der Waals surface area (Å²) in [6, 6.07) is 31.4. The van der Waals surface area contributed by atoms with Crippen LogP contribution in [0.3, 0.4) is 0 Å². The minimum atomic E-state index is -0.0935. The van der Waals surface area contributed by atoms with E-state index >= 15 is 0 Å². The molecular weight excluding hydrogens is 637 g/mol. The molecule has 0 bridgehead atoms. The maximum Gasteiger partial charge on any atom is 0.163 e. The van der Waals surface area contributed by atoms with Crippen molar-refractivity contribution in [1.82, 2.24) is 38.7 Å².